The summed E-state index contributed by atoms with van der Waals surface area (Å²) in [6.07, 6.45) is 1.12. The van der Waals surface area contributed by atoms with Crippen LogP contribution in [0.2, 0.25) is 5.02 Å². The van der Waals surface area contributed by atoms with Crippen molar-refractivity contribution in [3.05, 3.63) is 58.6 Å². The van der Waals surface area contributed by atoms with Crippen LogP contribution in [0.3, 0.4) is 0 Å². The number of hydrogen-bond acceptors (Lipinski definition) is 3. The molecule has 0 radical (unpaired) electrons. The smallest absolute Gasteiger partial charge is 0.161 e. The highest BCUT2D eigenvalue weighted by molar-refractivity contribution is 6.30. The molecule has 0 aliphatic heterocycles. The van der Waals surface area contributed by atoms with E-state index in [0.717, 1.165) is 36.6 Å². The van der Waals surface area contributed by atoms with Crippen LogP contribution < -0.4 is 14.8 Å². The van der Waals surface area contributed by atoms with Gasteiger partial charge in [-0.05, 0) is 55.3 Å². The molecule has 0 bridgehead atoms. The largest absolute Gasteiger partial charge is 0.490 e. The third kappa shape index (κ3) is 5.77. The van der Waals surface area contributed by atoms with E-state index < -0.39 is 0 Å². The van der Waals surface area contributed by atoms with Crippen LogP contribution in [0.5, 0.6) is 11.5 Å². The van der Waals surface area contributed by atoms with E-state index in [9.17, 15) is 0 Å². The van der Waals surface area contributed by atoms with Crippen LogP contribution in [-0.2, 0) is 13.2 Å². The summed E-state index contributed by atoms with van der Waals surface area (Å²) in [5.74, 6) is 1.54. The summed E-state index contributed by atoms with van der Waals surface area (Å²) < 4.78 is 11.6. The summed E-state index contributed by atoms with van der Waals surface area (Å²) in [4.78, 5) is 0. The number of rotatable bonds is 9. The van der Waals surface area contributed by atoms with Crippen LogP contribution >= 0.6 is 11.6 Å². The van der Waals surface area contributed by atoms with E-state index >= 15 is 0 Å². The lowest BCUT2D eigenvalue weighted by Gasteiger charge is -2.14. The van der Waals surface area contributed by atoms with Gasteiger partial charge in [-0.1, -0.05) is 36.7 Å². The Hall–Kier alpha value is -1.71. The zero-order valence-corrected chi connectivity index (χ0v) is 14.5. The fraction of sp³-hybridized carbons (Fsp3) is 0.368. The van der Waals surface area contributed by atoms with Crippen molar-refractivity contribution in [2.75, 3.05) is 13.2 Å². The minimum atomic E-state index is 0.466. The molecule has 2 aromatic carbocycles. The van der Waals surface area contributed by atoms with Crippen LogP contribution in [-0.4, -0.2) is 13.2 Å². The van der Waals surface area contributed by atoms with Gasteiger partial charge in [0, 0.05) is 11.6 Å². The van der Waals surface area contributed by atoms with Crippen LogP contribution in [0, 0.1) is 0 Å². The van der Waals surface area contributed by atoms with Gasteiger partial charge in [0.1, 0.15) is 6.61 Å². The third-order valence-electron chi connectivity index (χ3n) is 3.35. The zero-order chi connectivity index (χ0) is 16.5. The predicted molar refractivity (Wildman–Crippen MR) is 95.4 cm³/mol. The average Bonchev–Trinajstić information content (AvgIpc) is 2.55. The number of nitrogens with one attached hydrogen (secondary N) is 1. The van der Waals surface area contributed by atoms with Gasteiger partial charge in [0.2, 0.25) is 0 Å². The lowest BCUT2D eigenvalue weighted by Crippen LogP contribution is -2.13. The Morgan fingerprint density at radius 1 is 0.957 bits per heavy atom. The molecule has 23 heavy (non-hydrogen) atoms. The molecule has 3 nitrogen and oxygen atoms in total. The Morgan fingerprint density at radius 2 is 1.83 bits per heavy atom. The SMILES string of the molecule is CCCNCc1ccc(OCc2cccc(Cl)c2)c(OCC)c1. The van der Waals surface area contributed by atoms with Crippen LogP contribution in [0.4, 0.5) is 0 Å². The van der Waals surface area contributed by atoms with Gasteiger partial charge in [-0.25, -0.2) is 0 Å². The highest BCUT2D eigenvalue weighted by Gasteiger charge is 2.07. The normalized spacial score (nSPS) is 10.6. The first-order chi connectivity index (χ1) is 11.2. The fourth-order valence-corrected chi connectivity index (χ4v) is 2.46. The first-order valence-electron chi connectivity index (χ1n) is 8.06. The van der Waals surface area contributed by atoms with Crippen molar-refractivity contribution in [1.82, 2.24) is 5.32 Å². The second kappa shape index (κ2) is 9.43. The molecule has 0 aliphatic carbocycles. The molecule has 0 fully saturated rings. The molecule has 4 heteroatoms. The van der Waals surface area contributed by atoms with E-state index in [1.807, 2.05) is 43.3 Å². The molecule has 0 unspecified atom stereocenters. The highest BCUT2D eigenvalue weighted by atomic mass is 35.5. The maximum Gasteiger partial charge on any atom is 0.161 e. The molecule has 0 amide bonds. The third-order valence-corrected chi connectivity index (χ3v) is 3.58. The quantitative estimate of drug-likeness (QED) is 0.667. The van der Waals surface area contributed by atoms with E-state index in [1.54, 1.807) is 0 Å². The Labute approximate surface area is 143 Å². The molecule has 0 spiro atoms. The molecule has 0 atom stereocenters. The van der Waals surface area contributed by atoms with Gasteiger partial charge in [0.15, 0.2) is 11.5 Å². The van der Waals surface area contributed by atoms with Gasteiger partial charge in [-0.2, -0.15) is 0 Å². The molecule has 2 aromatic rings. The van der Waals surface area contributed by atoms with E-state index in [4.69, 9.17) is 21.1 Å². The molecule has 0 aromatic heterocycles. The lowest BCUT2D eigenvalue weighted by molar-refractivity contribution is 0.269. The average molecular weight is 334 g/mol. The minimum Gasteiger partial charge on any atom is -0.490 e. The summed E-state index contributed by atoms with van der Waals surface area (Å²) >= 11 is 6.00. The Kier molecular flexibility index (Phi) is 7.24. The van der Waals surface area contributed by atoms with Crippen molar-refractivity contribution >= 4 is 11.6 Å². The molecule has 0 aliphatic rings. The number of ether oxygens (including phenoxy) is 2. The van der Waals surface area contributed by atoms with Crippen molar-refractivity contribution in [2.45, 2.75) is 33.4 Å². The maximum atomic E-state index is 6.00. The highest BCUT2D eigenvalue weighted by Crippen LogP contribution is 2.29. The maximum absolute atomic E-state index is 6.00. The van der Waals surface area contributed by atoms with Gasteiger partial charge in [0.05, 0.1) is 6.61 Å². The molecule has 0 saturated carbocycles. The van der Waals surface area contributed by atoms with Gasteiger partial charge in [-0.3, -0.25) is 0 Å². The summed E-state index contributed by atoms with van der Waals surface area (Å²) in [7, 11) is 0. The first kappa shape index (κ1) is 17.6. The van der Waals surface area contributed by atoms with Crippen molar-refractivity contribution in [3.8, 4) is 11.5 Å². The summed E-state index contributed by atoms with van der Waals surface area (Å²) in [5, 5.41) is 4.11. The van der Waals surface area contributed by atoms with E-state index in [2.05, 4.69) is 18.3 Å². The summed E-state index contributed by atoms with van der Waals surface area (Å²) in [5.41, 5.74) is 2.23. The number of halogens is 1. The van der Waals surface area contributed by atoms with E-state index in [-0.39, 0.29) is 0 Å². The predicted octanol–water partition coefficient (Wildman–Crippen LogP) is 4.82. The topological polar surface area (TPSA) is 30.5 Å². The van der Waals surface area contributed by atoms with Crippen LogP contribution in [0.1, 0.15) is 31.4 Å². The zero-order valence-electron chi connectivity index (χ0n) is 13.8. The first-order valence-corrected chi connectivity index (χ1v) is 8.44. The Balaban J connectivity index is 2.04. The van der Waals surface area contributed by atoms with Crippen molar-refractivity contribution in [1.29, 1.82) is 0 Å². The summed E-state index contributed by atoms with van der Waals surface area (Å²) in [6, 6.07) is 13.8. The van der Waals surface area contributed by atoms with Gasteiger partial charge >= 0.3 is 0 Å². The number of benzene rings is 2. The Morgan fingerprint density at radius 3 is 2.57 bits per heavy atom. The molecule has 0 heterocycles. The second-order valence-corrected chi connectivity index (χ2v) is 5.75. The molecule has 0 saturated heterocycles. The lowest BCUT2D eigenvalue weighted by atomic mass is 10.2. The second-order valence-electron chi connectivity index (χ2n) is 5.31. The van der Waals surface area contributed by atoms with Crippen LogP contribution in [0.25, 0.3) is 0 Å². The Bertz CT molecular complexity index is 616. The van der Waals surface area contributed by atoms with Crippen LogP contribution in [0.15, 0.2) is 42.5 Å². The summed E-state index contributed by atoms with van der Waals surface area (Å²) in [6.45, 7) is 7.06. The van der Waals surface area contributed by atoms with Crippen molar-refractivity contribution < 1.29 is 9.47 Å². The van der Waals surface area contributed by atoms with Gasteiger partial charge in [0.25, 0.3) is 0 Å². The minimum absolute atomic E-state index is 0.466. The van der Waals surface area contributed by atoms with Gasteiger partial charge < -0.3 is 14.8 Å². The van der Waals surface area contributed by atoms with E-state index in [0.29, 0.717) is 18.2 Å². The molecule has 2 rings (SSSR count). The number of hydrogen-bond donors (Lipinski definition) is 1. The van der Waals surface area contributed by atoms with Crippen molar-refractivity contribution in [3.63, 3.8) is 0 Å². The monoisotopic (exact) mass is 333 g/mol. The molecular formula is C19H24ClNO2. The molecule has 124 valence electrons. The van der Waals surface area contributed by atoms with E-state index in [1.165, 1.54) is 5.56 Å². The van der Waals surface area contributed by atoms with Gasteiger partial charge in [-0.15, -0.1) is 0 Å². The standard InChI is InChI=1S/C19H24ClNO2/c1-3-10-21-13-15-8-9-18(19(12-15)22-4-2)23-14-16-6-5-7-17(20)11-16/h5-9,11-12,21H,3-4,10,13-14H2,1-2H3. The molecule has 1 N–H and O–H groups in total. The van der Waals surface area contributed by atoms with Crippen molar-refractivity contribution in [2.24, 2.45) is 0 Å². The fourth-order valence-electron chi connectivity index (χ4n) is 2.25. The molecular weight excluding hydrogens is 310 g/mol.